The van der Waals surface area contributed by atoms with Gasteiger partial charge in [-0.3, -0.25) is 5.43 Å². The van der Waals surface area contributed by atoms with Crippen LogP contribution in [0.1, 0.15) is 5.56 Å². The van der Waals surface area contributed by atoms with Crippen LogP contribution >= 0.6 is 11.6 Å². The summed E-state index contributed by atoms with van der Waals surface area (Å²) in [5.41, 5.74) is 5.37. The summed E-state index contributed by atoms with van der Waals surface area (Å²) in [6.45, 7) is 0. The number of rotatable bonds is 5. The van der Waals surface area contributed by atoms with E-state index in [0.29, 0.717) is 27.7 Å². The van der Waals surface area contributed by atoms with E-state index in [4.69, 9.17) is 11.6 Å². The molecule has 2 aromatic carbocycles. The van der Waals surface area contributed by atoms with Crippen LogP contribution in [-0.4, -0.2) is 26.2 Å². The lowest BCUT2D eigenvalue weighted by Gasteiger charge is -2.09. The molecule has 0 aliphatic carbocycles. The lowest BCUT2D eigenvalue weighted by Crippen LogP contribution is -2.01. The lowest BCUT2D eigenvalue weighted by atomic mass is 10.2. The Morgan fingerprint density at radius 3 is 2.36 bits per heavy atom. The highest BCUT2D eigenvalue weighted by molar-refractivity contribution is 6.30. The number of aromatic nitrogens is 4. The molecule has 0 amide bonds. The van der Waals surface area contributed by atoms with Crippen LogP contribution in [0.25, 0.3) is 11.0 Å². The average Bonchev–Trinajstić information content (AvgIpc) is 2.70. The van der Waals surface area contributed by atoms with Crippen molar-refractivity contribution in [1.29, 1.82) is 0 Å². The van der Waals surface area contributed by atoms with E-state index >= 15 is 0 Å². The van der Waals surface area contributed by atoms with Gasteiger partial charge in [0.2, 0.25) is 0 Å². The minimum absolute atomic E-state index is 0.302. The maximum absolute atomic E-state index is 13.0. The third-order valence-corrected chi connectivity index (χ3v) is 4.00. The van der Waals surface area contributed by atoms with Gasteiger partial charge in [-0.15, -0.1) is 0 Å². The van der Waals surface area contributed by atoms with Gasteiger partial charge < -0.3 is 5.32 Å². The molecule has 2 N–H and O–H groups in total. The van der Waals surface area contributed by atoms with Crippen LogP contribution in [0, 0.1) is 5.82 Å². The van der Waals surface area contributed by atoms with Gasteiger partial charge in [-0.2, -0.15) is 5.10 Å². The molecular formula is C19H13ClFN7. The second-order valence-corrected chi connectivity index (χ2v) is 6.14. The van der Waals surface area contributed by atoms with Gasteiger partial charge in [0.15, 0.2) is 11.6 Å². The summed E-state index contributed by atoms with van der Waals surface area (Å²) >= 11 is 6.03. The molecule has 0 fully saturated rings. The maximum atomic E-state index is 13.0. The molecule has 0 aliphatic heterocycles. The molecule has 138 valence electrons. The average molecular weight is 394 g/mol. The highest BCUT2D eigenvalue weighted by Crippen LogP contribution is 2.25. The van der Waals surface area contributed by atoms with Crippen LogP contribution in [0.3, 0.4) is 0 Å². The Labute approximate surface area is 164 Å². The van der Waals surface area contributed by atoms with Crippen molar-refractivity contribution in [3.05, 3.63) is 77.6 Å². The zero-order valence-corrected chi connectivity index (χ0v) is 15.1. The van der Waals surface area contributed by atoms with E-state index in [-0.39, 0.29) is 5.82 Å². The number of nitrogens with one attached hydrogen (secondary N) is 2. The van der Waals surface area contributed by atoms with Crippen molar-refractivity contribution in [2.24, 2.45) is 5.10 Å². The molecule has 9 heteroatoms. The fourth-order valence-electron chi connectivity index (χ4n) is 2.47. The molecule has 4 rings (SSSR count). The van der Waals surface area contributed by atoms with E-state index in [9.17, 15) is 4.39 Å². The molecule has 0 bridgehead atoms. The molecule has 0 aliphatic rings. The lowest BCUT2D eigenvalue weighted by molar-refractivity contribution is 0.628. The molecule has 2 heterocycles. The first-order chi connectivity index (χ1) is 13.7. The van der Waals surface area contributed by atoms with Gasteiger partial charge in [-0.1, -0.05) is 29.8 Å². The number of halogens is 2. The van der Waals surface area contributed by atoms with Gasteiger partial charge in [0.05, 0.1) is 6.21 Å². The van der Waals surface area contributed by atoms with Crippen molar-refractivity contribution >= 4 is 46.2 Å². The van der Waals surface area contributed by atoms with Crippen LogP contribution in [0.4, 0.5) is 21.7 Å². The minimum atomic E-state index is -0.302. The third kappa shape index (κ3) is 4.02. The quantitative estimate of drug-likeness (QED) is 0.386. The van der Waals surface area contributed by atoms with Gasteiger partial charge in [0.1, 0.15) is 29.5 Å². The second-order valence-electron chi connectivity index (χ2n) is 5.70. The number of anilines is 3. The molecule has 0 saturated heterocycles. The predicted octanol–water partition coefficient (Wildman–Crippen LogP) is 4.40. The van der Waals surface area contributed by atoms with E-state index in [1.54, 1.807) is 30.5 Å². The highest BCUT2D eigenvalue weighted by Gasteiger charge is 2.10. The SMILES string of the molecule is Fc1ccc(C=NNc2ncnc3c(Nc4cccc(Cl)c4)ncnc23)cc1. The molecule has 2 aromatic heterocycles. The summed E-state index contributed by atoms with van der Waals surface area (Å²) in [5, 5.41) is 7.91. The van der Waals surface area contributed by atoms with Crippen LogP contribution < -0.4 is 10.7 Å². The van der Waals surface area contributed by atoms with Crippen LogP contribution in [0.5, 0.6) is 0 Å². The Morgan fingerprint density at radius 2 is 1.61 bits per heavy atom. The number of nitrogens with zero attached hydrogens (tertiary/aromatic N) is 5. The van der Waals surface area contributed by atoms with Crippen molar-refractivity contribution in [3.8, 4) is 0 Å². The number of hydrogen-bond donors (Lipinski definition) is 2. The molecule has 0 unspecified atom stereocenters. The third-order valence-electron chi connectivity index (χ3n) is 3.76. The number of benzene rings is 2. The van der Waals surface area contributed by atoms with Crippen LogP contribution in [-0.2, 0) is 0 Å². The van der Waals surface area contributed by atoms with E-state index < -0.39 is 0 Å². The summed E-state index contributed by atoms with van der Waals surface area (Å²) in [6.07, 6.45) is 4.36. The molecule has 0 spiro atoms. The molecule has 28 heavy (non-hydrogen) atoms. The fourth-order valence-corrected chi connectivity index (χ4v) is 2.66. The Morgan fingerprint density at radius 1 is 0.893 bits per heavy atom. The van der Waals surface area contributed by atoms with Crippen molar-refractivity contribution < 1.29 is 4.39 Å². The number of hydrogen-bond acceptors (Lipinski definition) is 7. The minimum Gasteiger partial charge on any atom is -0.338 e. The largest absolute Gasteiger partial charge is 0.338 e. The van der Waals surface area contributed by atoms with Crippen molar-refractivity contribution in [2.75, 3.05) is 10.7 Å². The summed E-state index contributed by atoms with van der Waals surface area (Å²) in [6, 6.07) is 13.2. The van der Waals surface area contributed by atoms with Gasteiger partial charge >= 0.3 is 0 Å². The first-order valence-corrected chi connectivity index (χ1v) is 8.60. The fraction of sp³-hybridized carbons (Fsp3) is 0. The molecule has 0 radical (unpaired) electrons. The maximum Gasteiger partial charge on any atom is 0.176 e. The summed E-state index contributed by atoms with van der Waals surface area (Å²) < 4.78 is 13.0. The summed E-state index contributed by atoms with van der Waals surface area (Å²) in [4.78, 5) is 17.0. The zero-order valence-electron chi connectivity index (χ0n) is 14.3. The molecule has 7 nitrogen and oxygen atoms in total. The first kappa shape index (κ1) is 17.7. The van der Waals surface area contributed by atoms with E-state index in [1.807, 2.05) is 12.1 Å². The Balaban J connectivity index is 1.60. The van der Waals surface area contributed by atoms with Crippen molar-refractivity contribution in [2.45, 2.75) is 0 Å². The van der Waals surface area contributed by atoms with E-state index in [1.165, 1.54) is 24.8 Å². The second kappa shape index (κ2) is 7.93. The first-order valence-electron chi connectivity index (χ1n) is 8.22. The van der Waals surface area contributed by atoms with Gasteiger partial charge in [-0.05, 0) is 35.9 Å². The van der Waals surface area contributed by atoms with Crippen LogP contribution in [0.15, 0.2) is 66.3 Å². The van der Waals surface area contributed by atoms with Crippen molar-refractivity contribution in [3.63, 3.8) is 0 Å². The predicted molar refractivity (Wildman–Crippen MR) is 107 cm³/mol. The summed E-state index contributed by atoms with van der Waals surface area (Å²) in [5.74, 6) is 0.628. The van der Waals surface area contributed by atoms with Gasteiger partial charge in [0.25, 0.3) is 0 Å². The Bertz CT molecular complexity index is 1150. The van der Waals surface area contributed by atoms with Crippen LogP contribution in [0.2, 0.25) is 5.02 Å². The topological polar surface area (TPSA) is 88.0 Å². The van der Waals surface area contributed by atoms with Crippen molar-refractivity contribution in [1.82, 2.24) is 19.9 Å². The normalized spacial score (nSPS) is 11.1. The monoisotopic (exact) mass is 393 g/mol. The smallest absolute Gasteiger partial charge is 0.176 e. The number of fused-ring (bicyclic) bond motifs is 1. The highest BCUT2D eigenvalue weighted by atomic mass is 35.5. The summed E-state index contributed by atoms with van der Waals surface area (Å²) in [7, 11) is 0. The molecule has 0 atom stereocenters. The molecule has 4 aromatic rings. The Kier molecular flexibility index (Phi) is 5.03. The van der Waals surface area contributed by atoms with E-state index in [0.717, 1.165) is 11.3 Å². The molecular weight excluding hydrogens is 381 g/mol. The van der Waals surface area contributed by atoms with E-state index in [2.05, 4.69) is 35.8 Å². The van der Waals surface area contributed by atoms with Gasteiger partial charge in [-0.25, -0.2) is 24.3 Å². The standard InChI is InChI=1S/C19H13ClFN7/c20-13-2-1-3-15(8-13)27-18-16-17(23-10-24-18)19(25-11-22-16)28-26-9-12-4-6-14(21)7-5-12/h1-11H,(H,22,25,28)(H,23,24,27). The molecule has 0 saturated carbocycles. The zero-order chi connectivity index (χ0) is 19.3. The number of hydrazone groups is 1. The Hall–Kier alpha value is -3.65. The van der Waals surface area contributed by atoms with Gasteiger partial charge in [0, 0.05) is 10.7 Å².